The van der Waals surface area contributed by atoms with Crippen molar-refractivity contribution in [1.29, 1.82) is 0 Å². The molecule has 3 heterocycles. The Balaban J connectivity index is 1.58. The van der Waals surface area contributed by atoms with Crippen LogP contribution in [-0.4, -0.2) is 63.3 Å². The van der Waals surface area contributed by atoms with Crippen molar-refractivity contribution in [3.8, 4) is 0 Å². The summed E-state index contributed by atoms with van der Waals surface area (Å²) in [7, 11) is 0. The molecule has 0 bridgehead atoms. The van der Waals surface area contributed by atoms with Crippen molar-refractivity contribution in [3.63, 3.8) is 0 Å². The Morgan fingerprint density at radius 3 is 2.73 bits per heavy atom. The van der Waals surface area contributed by atoms with Gasteiger partial charge in [0, 0.05) is 37.7 Å². The van der Waals surface area contributed by atoms with Gasteiger partial charge in [0.1, 0.15) is 11.3 Å². The monoisotopic (exact) mass is 362 g/mol. The molecule has 2 aliphatic heterocycles. The molecule has 7 nitrogen and oxygen atoms in total. The molecule has 0 aromatic carbocycles. The molecule has 2 fully saturated rings. The number of carbonyl (C=O) groups excluding carboxylic acids is 2. The number of aromatic amines is 1. The number of aryl methyl sites for hydroxylation is 1. The van der Waals surface area contributed by atoms with Crippen LogP contribution in [0, 0.1) is 0 Å². The van der Waals surface area contributed by atoms with Crippen molar-refractivity contribution in [1.82, 2.24) is 20.0 Å². The van der Waals surface area contributed by atoms with Crippen LogP contribution in [-0.2, 0) is 11.2 Å². The summed E-state index contributed by atoms with van der Waals surface area (Å²) in [6.45, 7) is 8.13. The SMILES string of the molecule is CCCc1cc(C(=O)N2CCC3(CC2)CN(C(C)CCC)C(=O)O3)n[nH]1. The van der Waals surface area contributed by atoms with Crippen molar-refractivity contribution in [3.05, 3.63) is 17.5 Å². The minimum absolute atomic E-state index is 0.0426. The molecule has 1 atom stereocenters. The van der Waals surface area contributed by atoms with E-state index in [2.05, 4.69) is 31.0 Å². The maximum atomic E-state index is 12.7. The lowest BCUT2D eigenvalue weighted by Crippen LogP contribution is -2.49. The van der Waals surface area contributed by atoms with Crippen molar-refractivity contribution in [2.45, 2.75) is 70.9 Å². The molecule has 1 aromatic rings. The zero-order valence-electron chi connectivity index (χ0n) is 16.1. The maximum Gasteiger partial charge on any atom is 0.410 e. The van der Waals surface area contributed by atoms with Gasteiger partial charge in [-0.3, -0.25) is 9.89 Å². The number of nitrogens with zero attached hydrogens (tertiary/aromatic N) is 3. The standard InChI is InChI=1S/C19H30N4O3/c1-4-6-14(3)23-13-19(26-18(23)25)8-10-22(11-9-19)17(24)16-12-15(7-5-2)20-21-16/h12,14H,4-11,13H2,1-3H3,(H,20,21). The Bertz CT molecular complexity index is 649. The van der Waals surface area contributed by atoms with Crippen LogP contribution >= 0.6 is 0 Å². The second-order valence-corrected chi connectivity index (χ2v) is 7.64. The fourth-order valence-corrected chi connectivity index (χ4v) is 3.97. The highest BCUT2D eigenvalue weighted by Gasteiger charge is 2.48. The van der Waals surface area contributed by atoms with Gasteiger partial charge in [-0.05, 0) is 25.8 Å². The molecule has 0 radical (unpaired) electrons. The lowest BCUT2D eigenvalue weighted by atomic mass is 9.90. The normalized spacial score (nSPS) is 20.5. The minimum atomic E-state index is -0.436. The Hall–Kier alpha value is -2.05. The summed E-state index contributed by atoms with van der Waals surface area (Å²) in [6.07, 6.45) is 5.10. The van der Waals surface area contributed by atoms with E-state index in [9.17, 15) is 9.59 Å². The molecule has 2 aliphatic rings. The van der Waals surface area contributed by atoms with Gasteiger partial charge in [-0.2, -0.15) is 5.10 Å². The summed E-state index contributed by atoms with van der Waals surface area (Å²) in [5, 5.41) is 7.09. The molecule has 3 rings (SSSR count). The second-order valence-electron chi connectivity index (χ2n) is 7.64. The van der Waals surface area contributed by atoms with Crippen molar-refractivity contribution >= 4 is 12.0 Å². The van der Waals surface area contributed by atoms with E-state index >= 15 is 0 Å². The Morgan fingerprint density at radius 1 is 1.35 bits per heavy atom. The van der Waals surface area contributed by atoms with Gasteiger partial charge in [-0.1, -0.05) is 26.7 Å². The van der Waals surface area contributed by atoms with Crippen molar-refractivity contribution in [2.75, 3.05) is 19.6 Å². The molecule has 1 unspecified atom stereocenters. The fraction of sp³-hybridized carbons (Fsp3) is 0.737. The average molecular weight is 362 g/mol. The first-order valence-corrected chi connectivity index (χ1v) is 9.81. The lowest BCUT2D eigenvalue weighted by Gasteiger charge is -2.37. The van der Waals surface area contributed by atoms with E-state index in [4.69, 9.17) is 4.74 Å². The molecule has 26 heavy (non-hydrogen) atoms. The van der Waals surface area contributed by atoms with E-state index in [0.717, 1.165) is 31.4 Å². The van der Waals surface area contributed by atoms with Gasteiger partial charge >= 0.3 is 6.09 Å². The Kier molecular flexibility index (Phi) is 5.53. The summed E-state index contributed by atoms with van der Waals surface area (Å²) in [5.74, 6) is -0.0426. The van der Waals surface area contributed by atoms with E-state index in [1.165, 1.54) is 0 Å². The number of rotatable bonds is 6. The number of nitrogens with one attached hydrogen (secondary N) is 1. The first-order valence-electron chi connectivity index (χ1n) is 9.81. The van der Waals surface area contributed by atoms with Gasteiger partial charge in [0.05, 0.1) is 6.54 Å². The number of aromatic nitrogens is 2. The summed E-state index contributed by atoms with van der Waals surface area (Å²) in [4.78, 5) is 28.6. The summed E-state index contributed by atoms with van der Waals surface area (Å²) >= 11 is 0. The zero-order chi connectivity index (χ0) is 18.7. The number of piperidine rings is 1. The first-order chi connectivity index (χ1) is 12.5. The smallest absolute Gasteiger partial charge is 0.410 e. The van der Waals surface area contributed by atoms with Crippen LogP contribution in [0.15, 0.2) is 6.07 Å². The number of hydrogen-bond donors (Lipinski definition) is 1. The summed E-state index contributed by atoms with van der Waals surface area (Å²) < 4.78 is 5.77. The number of carbonyl (C=O) groups is 2. The topological polar surface area (TPSA) is 78.5 Å². The second kappa shape index (κ2) is 7.68. The number of likely N-dealkylation sites (tertiary alicyclic amines) is 1. The third kappa shape index (κ3) is 3.71. The molecular weight excluding hydrogens is 332 g/mol. The number of amides is 2. The van der Waals surface area contributed by atoms with Gasteiger partial charge in [0.15, 0.2) is 0 Å². The third-order valence-corrected chi connectivity index (χ3v) is 5.57. The van der Waals surface area contributed by atoms with E-state index < -0.39 is 5.60 Å². The third-order valence-electron chi connectivity index (χ3n) is 5.57. The van der Waals surface area contributed by atoms with Crippen LogP contribution in [0.3, 0.4) is 0 Å². The molecule has 1 spiro atoms. The molecule has 2 amide bonds. The van der Waals surface area contributed by atoms with Crippen LogP contribution in [0.1, 0.15) is 69.1 Å². The number of ether oxygens (including phenoxy) is 1. The molecule has 0 aliphatic carbocycles. The lowest BCUT2D eigenvalue weighted by molar-refractivity contribution is 0.00289. The molecule has 2 saturated heterocycles. The van der Waals surface area contributed by atoms with Gasteiger partial charge < -0.3 is 14.5 Å². The Labute approximate surface area is 155 Å². The van der Waals surface area contributed by atoms with E-state index in [0.29, 0.717) is 38.2 Å². The first kappa shape index (κ1) is 18.7. The molecule has 1 N–H and O–H groups in total. The number of H-pyrrole nitrogens is 1. The Morgan fingerprint density at radius 2 is 2.08 bits per heavy atom. The quantitative estimate of drug-likeness (QED) is 0.844. The molecule has 7 heteroatoms. The zero-order valence-corrected chi connectivity index (χ0v) is 16.1. The van der Waals surface area contributed by atoms with Gasteiger partial charge in [0.2, 0.25) is 0 Å². The molecular formula is C19H30N4O3. The highest BCUT2D eigenvalue weighted by Crippen LogP contribution is 2.35. The van der Waals surface area contributed by atoms with Crippen LogP contribution in [0.4, 0.5) is 4.79 Å². The van der Waals surface area contributed by atoms with Gasteiger partial charge in [0.25, 0.3) is 5.91 Å². The predicted octanol–water partition coefficient (Wildman–Crippen LogP) is 2.98. The van der Waals surface area contributed by atoms with E-state index in [1.807, 2.05) is 15.9 Å². The minimum Gasteiger partial charge on any atom is -0.441 e. The van der Waals surface area contributed by atoms with Gasteiger partial charge in [-0.25, -0.2) is 4.79 Å². The average Bonchev–Trinajstić information content (AvgIpc) is 3.21. The van der Waals surface area contributed by atoms with Crippen LogP contribution < -0.4 is 0 Å². The highest BCUT2D eigenvalue weighted by atomic mass is 16.6. The van der Waals surface area contributed by atoms with Crippen LogP contribution in [0.25, 0.3) is 0 Å². The summed E-state index contributed by atoms with van der Waals surface area (Å²) in [5.41, 5.74) is 1.04. The summed E-state index contributed by atoms with van der Waals surface area (Å²) in [6, 6.07) is 2.05. The predicted molar refractivity (Wildman–Crippen MR) is 98.0 cm³/mol. The van der Waals surface area contributed by atoms with Gasteiger partial charge in [-0.15, -0.1) is 0 Å². The van der Waals surface area contributed by atoms with E-state index in [-0.39, 0.29) is 18.0 Å². The van der Waals surface area contributed by atoms with Crippen LogP contribution in [0.2, 0.25) is 0 Å². The van der Waals surface area contributed by atoms with Crippen molar-refractivity contribution in [2.24, 2.45) is 0 Å². The number of hydrogen-bond acceptors (Lipinski definition) is 4. The van der Waals surface area contributed by atoms with Crippen LogP contribution in [0.5, 0.6) is 0 Å². The molecule has 0 saturated carbocycles. The van der Waals surface area contributed by atoms with Crippen molar-refractivity contribution < 1.29 is 14.3 Å². The maximum absolute atomic E-state index is 12.7. The fourth-order valence-electron chi connectivity index (χ4n) is 3.97. The largest absolute Gasteiger partial charge is 0.441 e. The highest BCUT2D eigenvalue weighted by molar-refractivity contribution is 5.92. The molecule has 144 valence electrons. The molecule has 1 aromatic heterocycles. The van der Waals surface area contributed by atoms with E-state index in [1.54, 1.807) is 0 Å².